The Morgan fingerprint density at radius 1 is 1.50 bits per heavy atom. The van der Waals surface area contributed by atoms with E-state index in [-0.39, 0.29) is 29.6 Å². The Balaban J connectivity index is 2.27. The van der Waals surface area contributed by atoms with Crippen LogP contribution in [0.3, 0.4) is 0 Å². The largest absolute Gasteiger partial charge is 0.465 e. The predicted octanol–water partition coefficient (Wildman–Crippen LogP) is 3.14. The molecule has 0 amide bonds. The first kappa shape index (κ1) is 16.6. The molecule has 0 bridgehead atoms. The first-order chi connectivity index (χ1) is 10.4. The summed E-state index contributed by atoms with van der Waals surface area (Å²) in [5.74, 6) is -1.21. The van der Waals surface area contributed by atoms with Crippen LogP contribution in [0, 0.1) is 5.95 Å². The van der Waals surface area contributed by atoms with Gasteiger partial charge in [-0.15, -0.1) is 0 Å². The Labute approximate surface area is 128 Å². The summed E-state index contributed by atoms with van der Waals surface area (Å²) in [5.41, 5.74) is -0.0672. The molecule has 1 aromatic heterocycles. The molecule has 120 valence electrons. The molecule has 0 atom stereocenters. The monoisotopic (exact) mass is 333 g/mol. The molecule has 0 saturated carbocycles. The second-order valence-electron chi connectivity index (χ2n) is 4.44. The van der Waals surface area contributed by atoms with Gasteiger partial charge in [-0.3, -0.25) is 9.89 Å². The lowest BCUT2D eigenvalue weighted by Crippen LogP contribution is -2.21. The molecule has 0 aliphatic carbocycles. The first-order valence-electron chi connectivity index (χ1n) is 6.42. The molecule has 0 aliphatic heterocycles. The molecule has 5 nitrogen and oxygen atoms in total. The smallest absolute Gasteiger partial charge is 0.321 e. The molecular formula is C13H14F3N3O2S. The van der Waals surface area contributed by atoms with Crippen molar-refractivity contribution >= 4 is 28.8 Å². The molecule has 0 unspecified atom stereocenters. The summed E-state index contributed by atoms with van der Waals surface area (Å²) in [6.07, 6.45) is -2.73. The zero-order chi connectivity index (χ0) is 16.3. The van der Waals surface area contributed by atoms with E-state index in [9.17, 15) is 18.0 Å². The Bertz CT molecular complexity index is 678. The minimum absolute atomic E-state index is 0.00941. The van der Waals surface area contributed by atoms with Gasteiger partial charge < -0.3 is 4.74 Å². The number of nitrogens with zero attached hydrogens (tertiary/aromatic N) is 2. The predicted molar refractivity (Wildman–Crippen MR) is 76.1 cm³/mol. The van der Waals surface area contributed by atoms with Gasteiger partial charge in [0.05, 0.1) is 16.9 Å². The molecule has 1 aromatic carbocycles. The Morgan fingerprint density at radius 2 is 2.23 bits per heavy atom. The maximum atomic E-state index is 13.6. The summed E-state index contributed by atoms with van der Waals surface area (Å²) in [6, 6.07) is 2.30. The molecule has 0 fully saturated rings. The van der Waals surface area contributed by atoms with Gasteiger partial charge in [-0.1, -0.05) is 0 Å². The van der Waals surface area contributed by atoms with Gasteiger partial charge in [0.15, 0.2) is 0 Å². The van der Waals surface area contributed by atoms with E-state index < -0.39 is 18.3 Å². The number of fused-ring (bicyclic) bond motifs is 1. The third-order valence-electron chi connectivity index (χ3n) is 2.76. The normalized spacial score (nSPS) is 11.6. The van der Waals surface area contributed by atoms with Crippen molar-refractivity contribution in [1.82, 2.24) is 14.5 Å². The number of likely N-dealkylation sites (N-methyl/N-ethyl adjacent to an activating group) is 1. The number of carbonyl (C=O) groups excluding carboxylic acids is 1. The van der Waals surface area contributed by atoms with Crippen LogP contribution in [0.15, 0.2) is 17.0 Å². The van der Waals surface area contributed by atoms with Crippen molar-refractivity contribution in [2.24, 2.45) is 0 Å². The number of esters is 1. The molecule has 9 heteroatoms. The molecule has 1 heterocycles. The average molecular weight is 333 g/mol. The number of rotatable bonds is 6. The van der Waals surface area contributed by atoms with E-state index in [4.69, 9.17) is 4.74 Å². The van der Waals surface area contributed by atoms with Crippen LogP contribution in [0.1, 0.15) is 18.9 Å². The first-order valence-corrected chi connectivity index (χ1v) is 7.20. The molecular weight excluding hydrogens is 319 g/mol. The number of hydrogen-bond acceptors (Lipinski definition) is 5. The van der Waals surface area contributed by atoms with E-state index in [2.05, 4.69) is 10.2 Å². The third kappa shape index (κ3) is 3.72. The highest BCUT2D eigenvalue weighted by Gasteiger charge is 2.18. The molecule has 22 heavy (non-hydrogen) atoms. The van der Waals surface area contributed by atoms with Gasteiger partial charge in [-0.05, 0) is 38.1 Å². The van der Waals surface area contributed by atoms with E-state index in [1.807, 2.05) is 0 Å². The molecule has 2 rings (SSSR count). The van der Waals surface area contributed by atoms with Crippen molar-refractivity contribution in [3.8, 4) is 0 Å². The number of benzene rings is 1. The zero-order valence-electron chi connectivity index (χ0n) is 11.9. The van der Waals surface area contributed by atoms with Crippen LogP contribution in [0.5, 0.6) is 0 Å². The fourth-order valence-corrected chi connectivity index (χ4v) is 2.80. The zero-order valence-corrected chi connectivity index (χ0v) is 12.7. The average Bonchev–Trinajstić information content (AvgIpc) is 2.80. The quantitative estimate of drug-likeness (QED) is 0.650. The lowest BCUT2D eigenvalue weighted by atomic mass is 10.1. The summed E-state index contributed by atoms with van der Waals surface area (Å²) in [6.45, 7) is 1.91. The number of H-pyrrole nitrogens is 1. The van der Waals surface area contributed by atoms with Crippen LogP contribution in [-0.4, -0.2) is 40.7 Å². The third-order valence-corrected chi connectivity index (χ3v) is 3.71. The number of aromatic nitrogens is 2. The van der Waals surface area contributed by atoms with Gasteiger partial charge in [0, 0.05) is 5.56 Å². The van der Waals surface area contributed by atoms with Crippen molar-refractivity contribution in [2.45, 2.75) is 18.2 Å². The minimum atomic E-state index is -2.73. The molecule has 0 saturated heterocycles. The number of aromatic amines is 1. The van der Waals surface area contributed by atoms with Gasteiger partial charge in [0.1, 0.15) is 12.1 Å². The van der Waals surface area contributed by atoms with Gasteiger partial charge in [0.2, 0.25) is 5.95 Å². The number of hydrogen-bond donors (Lipinski definition) is 1. The number of carbonyl (C=O) groups is 1. The number of ether oxygens (including phenoxy) is 1. The van der Waals surface area contributed by atoms with Crippen LogP contribution in [0.25, 0.3) is 10.9 Å². The van der Waals surface area contributed by atoms with Crippen LogP contribution >= 0.6 is 11.9 Å². The molecule has 0 spiro atoms. The van der Waals surface area contributed by atoms with Crippen molar-refractivity contribution in [3.05, 3.63) is 23.6 Å². The van der Waals surface area contributed by atoms with Crippen LogP contribution in [-0.2, 0) is 9.53 Å². The Morgan fingerprint density at radius 3 is 2.86 bits per heavy atom. The summed E-state index contributed by atoms with van der Waals surface area (Å²) < 4.78 is 45.7. The van der Waals surface area contributed by atoms with E-state index in [1.54, 1.807) is 14.0 Å². The highest BCUT2D eigenvalue weighted by atomic mass is 32.2. The Kier molecular flexibility index (Phi) is 5.30. The van der Waals surface area contributed by atoms with Gasteiger partial charge in [-0.2, -0.15) is 9.49 Å². The van der Waals surface area contributed by atoms with Crippen molar-refractivity contribution in [2.75, 3.05) is 20.2 Å². The lowest BCUT2D eigenvalue weighted by Gasteiger charge is -2.15. The van der Waals surface area contributed by atoms with Crippen molar-refractivity contribution in [3.63, 3.8) is 0 Å². The second kappa shape index (κ2) is 7.01. The standard InChI is InChI=1S/C13H14F3N3O2S/c1-3-21-10(20)6-19(2)22-9-5-7(12(14)15)4-8-11(9)17-18-13(8)16/h4-5,12H,3,6H2,1-2H3,(H,17,18). The van der Waals surface area contributed by atoms with E-state index in [0.717, 1.165) is 18.0 Å². The van der Waals surface area contributed by atoms with Gasteiger partial charge >= 0.3 is 5.97 Å². The number of halogens is 3. The minimum Gasteiger partial charge on any atom is -0.465 e. The SMILES string of the molecule is CCOC(=O)CN(C)Sc1cc(C(F)F)cc2c(F)[nH]nc12. The maximum Gasteiger partial charge on any atom is 0.321 e. The lowest BCUT2D eigenvalue weighted by molar-refractivity contribution is -0.142. The molecule has 0 aliphatic rings. The van der Waals surface area contributed by atoms with Crippen LogP contribution in [0.2, 0.25) is 0 Å². The molecule has 0 radical (unpaired) electrons. The number of nitrogens with one attached hydrogen (secondary N) is 1. The second-order valence-corrected chi connectivity index (χ2v) is 5.68. The van der Waals surface area contributed by atoms with Crippen LogP contribution in [0.4, 0.5) is 13.2 Å². The highest BCUT2D eigenvalue weighted by molar-refractivity contribution is 7.97. The van der Waals surface area contributed by atoms with Crippen molar-refractivity contribution in [1.29, 1.82) is 0 Å². The van der Waals surface area contributed by atoms with Gasteiger partial charge in [-0.25, -0.2) is 13.1 Å². The highest BCUT2D eigenvalue weighted by Crippen LogP contribution is 2.34. The van der Waals surface area contributed by atoms with Crippen LogP contribution < -0.4 is 0 Å². The van der Waals surface area contributed by atoms with Crippen molar-refractivity contribution < 1.29 is 22.7 Å². The fraction of sp³-hybridized carbons (Fsp3) is 0.385. The Hall–Kier alpha value is -1.74. The van der Waals surface area contributed by atoms with Gasteiger partial charge in [0.25, 0.3) is 6.43 Å². The molecule has 2 aromatic rings. The van der Waals surface area contributed by atoms with E-state index in [0.29, 0.717) is 4.90 Å². The fourth-order valence-electron chi connectivity index (χ4n) is 1.86. The summed E-state index contributed by atoms with van der Waals surface area (Å²) in [4.78, 5) is 11.7. The topological polar surface area (TPSA) is 58.2 Å². The molecule has 1 N–H and O–H groups in total. The van der Waals surface area contributed by atoms with E-state index >= 15 is 0 Å². The summed E-state index contributed by atoms with van der Waals surface area (Å²) in [5, 5.41) is 5.90. The summed E-state index contributed by atoms with van der Waals surface area (Å²) in [7, 11) is 1.60. The maximum absolute atomic E-state index is 13.6. The number of alkyl halides is 2. The summed E-state index contributed by atoms with van der Waals surface area (Å²) >= 11 is 1.02. The van der Waals surface area contributed by atoms with E-state index in [1.165, 1.54) is 10.4 Å².